The number of aliphatic hydroxyl groups excluding tert-OH is 1. The summed E-state index contributed by atoms with van der Waals surface area (Å²) in [5, 5.41) is 10.2. The van der Waals surface area contributed by atoms with Crippen molar-refractivity contribution in [1.82, 2.24) is 0 Å². The Bertz CT molecular complexity index is 326. The maximum atomic E-state index is 10.2. The van der Waals surface area contributed by atoms with Crippen molar-refractivity contribution in [2.24, 2.45) is 0 Å². The molecule has 1 atom stereocenters. The molecule has 0 saturated carbocycles. The van der Waals surface area contributed by atoms with Gasteiger partial charge in [0.05, 0.1) is 6.10 Å². The van der Waals surface area contributed by atoms with Crippen LogP contribution in [0.15, 0.2) is 0 Å². The molecule has 1 heteroatoms. The van der Waals surface area contributed by atoms with Crippen molar-refractivity contribution in [3.63, 3.8) is 0 Å². The summed E-state index contributed by atoms with van der Waals surface area (Å²) in [5.41, 5.74) is 0. The summed E-state index contributed by atoms with van der Waals surface area (Å²) in [7, 11) is 0. The third-order valence-electron chi connectivity index (χ3n) is 7.53. The van der Waals surface area contributed by atoms with E-state index in [1.54, 1.807) is 0 Å². The molecule has 0 spiro atoms. The molecule has 0 aliphatic rings. The summed E-state index contributed by atoms with van der Waals surface area (Å²) in [6.07, 6.45) is 40.0. The van der Waals surface area contributed by atoms with Gasteiger partial charge in [0.25, 0.3) is 0 Å². The van der Waals surface area contributed by atoms with Gasteiger partial charge in [0.2, 0.25) is 0 Å². The second-order valence-electron chi connectivity index (χ2n) is 11.1. The van der Waals surface area contributed by atoms with Crippen LogP contribution in [0.5, 0.6) is 0 Å². The van der Waals surface area contributed by atoms with Crippen LogP contribution in [-0.2, 0) is 0 Å². The molecule has 0 aromatic rings. The van der Waals surface area contributed by atoms with Crippen molar-refractivity contribution in [2.75, 3.05) is 0 Å². The van der Waals surface area contributed by atoms with Crippen LogP contribution in [-0.4, -0.2) is 11.2 Å². The minimum Gasteiger partial charge on any atom is -0.393 e. The van der Waals surface area contributed by atoms with Gasteiger partial charge in [-0.1, -0.05) is 187 Å². The van der Waals surface area contributed by atoms with Crippen molar-refractivity contribution >= 4 is 0 Å². The van der Waals surface area contributed by atoms with Gasteiger partial charge in [-0.05, 0) is 12.8 Å². The highest BCUT2D eigenvalue weighted by atomic mass is 16.3. The highest BCUT2D eigenvalue weighted by molar-refractivity contribution is 4.58. The van der Waals surface area contributed by atoms with Crippen molar-refractivity contribution in [3.8, 4) is 0 Å². The van der Waals surface area contributed by atoms with Crippen LogP contribution in [0, 0.1) is 0 Å². The lowest BCUT2D eigenvalue weighted by Crippen LogP contribution is -2.05. The standard InChI is InChI=1S/C32H66O/c1-3-5-7-9-11-13-15-17-19-21-23-25-27-29-31-32(33)30-28-26-24-22-20-18-16-14-12-10-8-6-4-2/h32-33H,3-31H2,1-2H3/t32-/m0/s1. The molecule has 0 amide bonds. The summed E-state index contributed by atoms with van der Waals surface area (Å²) < 4.78 is 0. The van der Waals surface area contributed by atoms with Gasteiger partial charge in [0.15, 0.2) is 0 Å². The molecule has 0 aliphatic carbocycles. The van der Waals surface area contributed by atoms with E-state index in [1.807, 2.05) is 0 Å². The fraction of sp³-hybridized carbons (Fsp3) is 1.00. The summed E-state index contributed by atoms with van der Waals surface area (Å²) >= 11 is 0. The monoisotopic (exact) mass is 467 g/mol. The molecule has 33 heavy (non-hydrogen) atoms. The summed E-state index contributed by atoms with van der Waals surface area (Å²) in [6, 6.07) is 0. The van der Waals surface area contributed by atoms with Gasteiger partial charge in [-0.15, -0.1) is 0 Å². The first-order chi connectivity index (χ1) is 16.3. The van der Waals surface area contributed by atoms with Gasteiger partial charge in [0.1, 0.15) is 0 Å². The van der Waals surface area contributed by atoms with E-state index in [0.717, 1.165) is 12.8 Å². The molecule has 1 nitrogen and oxygen atoms in total. The van der Waals surface area contributed by atoms with Crippen LogP contribution in [0.1, 0.15) is 200 Å². The summed E-state index contributed by atoms with van der Waals surface area (Å²) in [4.78, 5) is 0. The minimum absolute atomic E-state index is 0.0324. The molecule has 0 fully saturated rings. The second-order valence-corrected chi connectivity index (χ2v) is 11.1. The molecule has 0 heterocycles. The first kappa shape index (κ1) is 33.0. The van der Waals surface area contributed by atoms with Gasteiger partial charge in [0, 0.05) is 0 Å². The number of aliphatic hydroxyl groups is 1. The molecule has 0 rings (SSSR count). The average Bonchev–Trinajstić information content (AvgIpc) is 2.82. The normalized spacial score (nSPS) is 12.5. The Kier molecular flexibility index (Phi) is 30.0. The van der Waals surface area contributed by atoms with E-state index in [9.17, 15) is 5.11 Å². The van der Waals surface area contributed by atoms with Crippen LogP contribution in [0.25, 0.3) is 0 Å². The van der Waals surface area contributed by atoms with Crippen LogP contribution < -0.4 is 0 Å². The molecule has 0 unspecified atom stereocenters. The Morgan fingerprint density at radius 1 is 0.303 bits per heavy atom. The Balaban J connectivity index is 3.13. The van der Waals surface area contributed by atoms with Gasteiger partial charge in [-0.2, -0.15) is 0 Å². The zero-order chi connectivity index (χ0) is 24.1. The largest absolute Gasteiger partial charge is 0.393 e. The lowest BCUT2D eigenvalue weighted by Gasteiger charge is -2.10. The van der Waals surface area contributed by atoms with E-state index in [0.29, 0.717) is 0 Å². The van der Waals surface area contributed by atoms with Crippen LogP contribution in [0.3, 0.4) is 0 Å². The van der Waals surface area contributed by atoms with Crippen molar-refractivity contribution in [1.29, 1.82) is 0 Å². The highest BCUT2D eigenvalue weighted by Crippen LogP contribution is 2.16. The van der Waals surface area contributed by atoms with Crippen molar-refractivity contribution in [2.45, 2.75) is 206 Å². The molecule has 0 bridgehead atoms. The minimum atomic E-state index is -0.0324. The van der Waals surface area contributed by atoms with E-state index in [2.05, 4.69) is 13.8 Å². The average molecular weight is 467 g/mol. The second kappa shape index (κ2) is 30.0. The first-order valence-corrected chi connectivity index (χ1v) is 16.0. The Hall–Kier alpha value is -0.0400. The topological polar surface area (TPSA) is 20.2 Å². The van der Waals surface area contributed by atoms with E-state index in [4.69, 9.17) is 0 Å². The molecule has 0 radical (unpaired) electrons. The SMILES string of the molecule is CCCCCCCCCCCCCCCC[C@@H](O)CCCCCCCCCCCCCCC. The molecule has 0 aliphatic heterocycles. The summed E-state index contributed by atoms with van der Waals surface area (Å²) in [5.74, 6) is 0. The van der Waals surface area contributed by atoms with Gasteiger partial charge in [-0.3, -0.25) is 0 Å². The molecule has 1 N–H and O–H groups in total. The van der Waals surface area contributed by atoms with Crippen molar-refractivity contribution < 1.29 is 5.11 Å². The molecule has 200 valence electrons. The lowest BCUT2D eigenvalue weighted by molar-refractivity contribution is 0.147. The zero-order valence-electron chi connectivity index (χ0n) is 23.5. The Morgan fingerprint density at radius 3 is 0.697 bits per heavy atom. The maximum Gasteiger partial charge on any atom is 0.0540 e. The quantitative estimate of drug-likeness (QED) is 0.109. The molecule has 0 aromatic heterocycles. The molecule has 0 aromatic carbocycles. The van der Waals surface area contributed by atoms with E-state index < -0.39 is 0 Å². The molecular formula is C32H66O. The molecule has 0 saturated heterocycles. The Morgan fingerprint density at radius 2 is 0.485 bits per heavy atom. The van der Waals surface area contributed by atoms with Crippen LogP contribution >= 0.6 is 0 Å². The number of hydrogen-bond acceptors (Lipinski definition) is 1. The fourth-order valence-electron chi connectivity index (χ4n) is 5.12. The van der Waals surface area contributed by atoms with Crippen LogP contribution in [0.2, 0.25) is 0 Å². The number of hydrogen-bond donors (Lipinski definition) is 1. The van der Waals surface area contributed by atoms with E-state index in [1.165, 1.54) is 173 Å². The first-order valence-electron chi connectivity index (χ1n) is 16.0. The fourth-order valence-corrected chi connectivity index (χ4v) is 5.12. The lowest BCUT2D eigenvalue weighted by atomic mass is 10.0. The number of unbranched alkanes of at least 4 members (excludes halogenated alkanes) is 25. The smallest absolute Gasteiger partial charge is 0.0540 e. The summed E-state index contributed by atoms with van der Waals surface area (Å²) in [6.45, 7) is 4.59. The number of rotatable bonds is 29. The van der Waals surface area contributed by atoms with Crippen molar-refractivity contribution in [3.05, 3.63) is 0 Å². The van der Waals surface area contributed by atoms with Gasteiger partial charge >= 0.3 is 0 Å². The predicted octanol–water partition coefficient (Wildman–Crippen LogP) is 11.7. The third kappa shape index (κ3) is 29.9. The van der Waals surface area contributed by atoms with E-state index >= 15 is 0 Å². The highest BCUT2D eigenvalue weighted by Gasteiger charge is 2.04. The maximum absolute atomic E-state index is 10.2. The predicted molar refractivity (Wildman–Crippen MR) is 151 cm³/mol. The molecular weight excluding hydrogens is 400 g/mol. The Labute approximate surface area is 211 Å². The van der Waals surface area contributed by atoms with Gasteiger partial charge in [-0.25, -0.2) is 0 Å². The van der Waals surface area contributed by atoms with Crippen LogP contribution in [0.4, 0.5) is 0 Å². The third-order valence-corrected chi connectivity index (χ3v) is 7.53. The van der Waals surface area contributed by atoms with Gasteiger partial charge < -0.3 is 5.11 Å². The van der Waals surface area contributed by atoms with E-state index in [-0.39, 0.29) is 6.10 Å². The zero-order valence-corrected chi connectivity index (χ0v) is 23.5.